The number of nitrogens with one attached hydrogen (secondary N) is 1. The van der Waals surface area contributed by atoms with Crippen LogP contribution < -0.4 is 10.1 Å². The van der Waals surface area contributed by atoms with E-state index in [0.717, 1.165) is 25.1 Å². The highest BCUT2D eigenvalue weighted by molar-refractivity contribution is 5.41. The molecule has 21 heavy (non-hydrogen) atoms. The third-order valence-electron chi connectivity index (χ3n) is 3.41. The topological polar surface area (TPSA) is 39.1 Å². The smallest absolute Gasteiger partial charge is 0.406 e. The molecule has 1 aromatic carbocycles. The standard InChI is InChI=1S/C14H14F3N3O/c15-14(16,17)21-11-4-1-3-10(7-11)20-9-18-8-13(20)12-5-2-6-19-12/h1,3-4,7-9,12,19H,2,5-6H2/t12-/m0/s1. The highest BCUT2D eigenvalue weighted by atomic mass is 19.4. The minimum absolute atomic E-state index is 0.180. The van der Waals surface area contributed by atoms with E-state index < -0.39 is 6.36 Å². The second kappa shape index (κ2) is 5.40. The molecule has 112 valence electrons. The van der Waals surface area contributed by atoms with Crippen LogP contribution in [0.2, 0.25) is 0 Å². The number of hydrogen-bond donors (Lipinski definition) is 1. The van der Waals surface area contributed by atoms with Crippen LogP contribution in [0.5, 0.6) is 5.75 Å². The number of imidazole rings is 1. The maximum atomic E-state index is 12.3. The molecule has 3 rings (SSSR count). The zero-order chi connectivity index (χ0) is 14.9. The number of nitrogens with zero attached hydrogens (tertiary/aromatic N) is 2. The summed E-state index contributed by atoms with van der Waals surface area (Å²) < 4.78 is 42.6. The van der Waals surface area contributed by atoms with Gasteiger partial charge in [-0.1, -0.05) is 6.07 Å². The number of rotatable bonds is 3. The van der Waals surface area contributed by atoms with Gasteiger partial charge in [0.15, 0.2) is 0 Å². The van der Waals surface area contributed by atoms with Gasteiger partial charge in [0.2, 0.25) is 0 Å². The van der Waals surface area contributed by atoms with Crippen LogP contribution in [0.15, 0.2) is 36.8 Å². The van der Waals surface area contributed by atoms with Crippen molar-refractivity contribution in [1.82, 2.24) is 14.9 Å². The molecule has 2 aromatic rings. The van der Waals surface area contributed by atoms with Gasteiger partial charge in [0.1, 0.15) is 5.75 Å². The highest BCUT2D eigenvalue weighted by Gasteiger charge is 2.31. The summed E-state index contributed by atoms with van der Waals surface area (Å²) in [6.45, 7) is 0.938. The Kier molecular flexibility index (Phi) is 3.59. The number of benzene rings is 1. The molecule has 1 aromatic heterocycles. The minimum Gasteiger partial charge on any atom is -0.406 e. The van der Waals surface area contributed by atoms with Gasteiger partial charge >= 0.3 is 6.36 Å². The largest absolute Gasteiger partial charge is 0.573 e. The van der Waals surface area contributed by atoms with Gasteiger partial charge in [0, 0.05) is 12.1 Å². The fraction of sp³-hybridized carbons (Fsp3) is 0.357. The van der Waals surface area contributed by atoms with Crippen LogP contribution in [0.3, 0.4) is 0 Å². The zero-order valence-corrected chi connectivity index (χ0v) is 11.1. The van der Waals surface area contributed by atoms with Crippen molar-refractivity contribution in [3.8, 4) is 11.4 Å². The molecule has 1 N–H and O–H groups in total. The summed E-state index contributed by atoms with van der Waals surface area (Å²) in [5, 5.41) is 3.35. The van der Waals surface area contributed by atoms with Crippen LogP contribution >= 0.6 is 0 Å². The Morgan fingerprint density at radius 2 is 2.19 bits per heavy atom. The Bertz CT molecular complexity index is 618. The quantitative estimate of drug-likeness (QED) is 0.945. The maximum Gasteiger partial charge on any atom is 0.573 e. The van der Waals surface area contributed by atoms with E-state index in [4.69, 9.17) is 0 Å². The third kappa shape index (κ3) is 3.18. The van der Waals surface area contributed by atoms with E-state index >= 15 is 0 Å². The van der Waals surface area contributed by atoms with Crippen LogP contribution in [0.4, 0.5) is 13.2 Å². The van der Waals surface area contributed by atoms with Crippen molar-refractivity contribution < 1.29 is 17.9 Å². The molecule has 0 unspecified atom stereocenters. The van der Waals surface area contributed by atoms with Gasteiger partial charge < -0.3 is 14.6 Å². The Labute approximate surface area is 119 Å². The van der Waals surface area contributed by atoms with Crippen LogP contribution in [0.1, 0.15) is 24.6 Å². The van der Waals surface area contributed by atoms with Crippen molar-refractivity contribution in [3.63, 3.8) is 0 Å². The van der Waals surface area contributed by atoms with E-state index in [1.807, 2.05) is 0 Å². The van der Waals surface area contributed by atoms with E-state index in [0.29, 0.717) is 5.69 Å². The fourth-order valence-corrected chi connectivity index (χ4v) is 2.55. The monoisotopic (exact) mass is 297 g/mol. The lowest BCUT2D eigenvalue weighted by molar-refractivity contribution is -0.274. The van der Waals surface area contributed by atoms with Crippen LogP contribution in [-0.2, 0) is 0 Å². The van der Waals surface area contributed by atoms with Gasteiger partial charge in [-0.15, -0.1) is 13.2 Å². The molecule has 1 aliphatic rings. The summed E-state index contributed by atoms with van der Waals surface area (Å²) in [6, 6.07) is 6.07. The van der Waals surface area contributed by atoms with Gasteiger partial charge in [-0.05, 0) is 31.5 Å². The van der Waals surface area contributed by atoms with Gasteiger partial charge in [-0.25, -0.2) is 4.98 Å². The highest BCUT2D eigenvalue weighted by Crippen LogP contribution is 2.28. The SMILES string of the molecule is FC(F)(F)Oc1cccc(-n2cncc2[C@@H]2CCCN2)c1. The van der Waals surface area contributed by atoms with Crippen molar-refractivity contribution in [2.45, 2.75) is 25.2 Å². The molecule has 0 radical (unpaired) electrons. The minimum atomic E-state index is -4.69. The maximum absolute atomic E-state index is 12.3. The van der Waals surface area contributed by atoms with Crippen molar-refractivity contribution >= 4 is 0 Å². The second-order valence-corrected chi connectivity index (χ2v) is 4.88. The molecule has 0 spiro atoms. The molecule has 0 saturated carbocycles. The first-order valence-electron chi connectivity index (χ1n) is 6.65. The summed E-state index contributed by atoms with van der Waals surface area (Å²) in [5.41, 5.74) is 1.54. The molecule has 0 aliphatic carbocycles. The second-order valence-electron chi connectivity index (χ2n) is 4.88. The Hall–Kier alpha value is -2.02. The molecule has 1 fully saturated rings. The summed E-state index contributed by atoms with van der Waals surface area (Å²) in [4.78, 5) is 4.11. The Morgan fingerprint density at radius 1 is 1.33 bits per heavy atom. The van der Waals surface area contributed by atoms with E-state index in [9.17, 15) is 13.2 Å². The van der Waals surface area contributed by atoms with Gasteiger partial charge in [-0.3, -0.25) is 0 Å². The van der Waals surface area contributed by atoms with Crippen molar-refractivity contribution in [1.29, 1.82) is 0 Å². The number of halogens is 3. The van der Waals surface area contributed by atoms with Crippen LogP contribution in [0.25, 0.3) is 5.69 Å². The van der Waals surface area contributed by atoms with Gasteiger partial charge in [-0.2, -0.15) is 0 Å². The third-order valence-corrected chi connectivity index (χ3v) is 3.41. The van der Waals surface area contributed by atoms with E-state index in [1.165, 1.54) is 18.2 Å². The summed E-state index contributed by atoms with van der Waals surface area (Å²) in [7, 11) is 0. The molecule has 1 saturated heterocycles. The first-order valence-corrected chi connectivity index (χ1v) is 6.65. The molecular formula is C14H14F3N3O. The lowest BCUT2D eigenvalue weighted by atomic mass is 10.1. The fourth-order valence-electron chi connectivity index (χ4n) is 2.55. The summed E-state index contributed by atoms with van der Waals surface area (Å²) in [5.74, 6) is -0.237. The molecule has 0 amide bonds. The Balaban J connectivity index is 1.90. The lowest BCUT2D eigenvalue weighted by Gasteiger charge is -2.15. The zero-order valence-electron chi connectivity index (χ0n) is 11.1. The predicted molar refractivity (Wildman–Crippen MR) is 70.2 cm³/mol. The van der Waals surface area contributed by atoms with Gasteiger partial charge in [0.05, 0.1) is 23.9 Å². The first kappa shape index (κ1) is 13.9. The average molecular weight is 297 g/mol. The number of ether oxygens (including phenoxy) is 1. The van der Waals surface area contributed by atoms with Crippen molar-refractivity contribution in [2.75, 3.05) is 6.54 Å². The molecule has 0 bridgehead atoms. The first-order chi connectivity index (χ1) is 10.0. The Morgan fingerprint density at radius 3 is 2.90 bits per heavy atom. The molecule has 1 atom stereocenters. The van der Waals surface area contributed by atoms with Crippen LogP contribution in [-0.4, -0.2) is 22.5 Å². The molecule has 4 nitrogen and oxygen atoms in total. The van der Waals surface area contributed by atoms with E-state index in [1.54, 1.807) is 23.2 Å². The normalized spacial score (nSPS) is 18.9. The molecular weight excluding hydrogens is 283 g/mol. The molecule has 2 heterocycles. The average Bonchev–Trinajstić information content (AvgIpc) is 3.08. The van der Waals surface area contributed by atoms with Crippen molar-refractivity contribution in [3.05, 3.63) is 42.5 Å². The van der Waals surface area contributed by atoms with E-state index in [-0.39, 0.29) is 11.8 Å². The summed E-state index contributed by atoms with van der Waals surface area (Å²) >= 11 is 0. The summed E-state index contributed by atoms with van der Waals surface area (Å²) in [6.07, 6.45) is 0.712. The lowest BCUT2D eigenvalue weighted by Crippen LogP contribution is -2.18. The van der Waals surface area contributed by atoms with E-state index in [2.05, 4.69) is 15.0 Å². The molecule has 7 heteroatoms. The predicted octanol–water partition coefficient (Wildman–Crippen LogP) is 3.20. The van der Waals surface area contributed by atoms with Crippen molar-refractivity contribution in [2.24, 2.45) is 0 Å². The number of alkyl halides is 3. The molecule has 1 aliphatic heterocycles. The number of aromatic nitrogens is 2. The number of hydrogen-bond acceptors (Lipinski definition) is 3. The van der Waals surface area contributed by atoms with Crippen LogP contribution in [0, 0.1) is 0 Å². The van der Waals surface area contributed by atoms with Gasteiger partial charge in [0.25, 0.3) is 0 Å².